The lowest BCUT2D eigenvalue weighted by molar-refractivity contribution is 0.415. The molecule has 3 rings (SSSR count). The highest BCUT2D eigenvalue weighted by Crippen LogP contribution is 2.39. The molecule has 0 unspecified atom stereocenters. The summed E-state index contributed by atoms with van der Waals surface area (Å²) in [7, 11) is 3.56. The third-order valence-electron chi connectivity index (χ3n) is 4.57. The van der Waals surface area contributed by atoms with Gasteiger partial charge in [0.1, 0.15) is 11.6 Å². The van der Waals surface area contributed by atoms with Crippen molar-refractivity contribution < 1.29 is 4.74 Å². The van der Waals surface area contributed by atoms with Gasteiger partial charge in [0.15, 0.2) is 0 Å². The highest BCUT2D eigenvalue weighted by atomic mass is 16.5. The van der Waals surface area contributed by atoms with Crippen LogP contribution >= 0.6 is 0 Å². The van der Waals surface area contributed by atoms with E-state index in [9.17, 15) is 0 Å². The van der Waals surface area contributed by atoms with Gasteiger partial charge >= 0.3 is 0 Å². The topological polar surface area (TPSA) is 53.1 Å². The van der Waals surface area contributed by atoms with Crippen molar-refractivity contribution in [2.45, 2.75) is 38.0 Å². The number of hydrogen-bond acceptors (Lipinski definition) is 3. The first-order chi connectivity index (χ1) is 10.2. The maximum absolute atomic E-state index is 6.13. The van der Waals surface area contributed by atoms with E-state index in [1.165, 1.54) is 37.7 Å². The summed E-state index contributed by atoms with van der Waals surface area (Å²) < 4.78 is 7.21. The number of hydrogen-bond donors (Lipinski definition) is 1. The Labute approximate surface area is 125 Å². The van der Waals surface area contributed by atoms with E-state index in [4.69, 9.17) is 10.5 Å². The number of methoxy groups -OCH3 is 1. The molecule has 1 aromatic heterocycles. The number of nitrogen functional groups attached to an aromatic ring is 1. The minimum absolute atomic E-state index is 0.668. The average Bonchev–Trinajstić information content (AvgIpc) is 2.87. The molecular weight excluding hydrogens is 262 g/mol. The van der Waals surface area contributed by atoms with Gasteiger partial charge < -0.3 is 10.5 Å². The molecule has 0 radical (unpaired) electrons. The van der Waals surface area contributed by atoms with E-state index in [0.717, 1.165) is 16.9 Å². The second kappa shape index (κ2) is 5.80. The van der Waals surface area contributed by atoms with Crippen LogP contribution in [-0.2, 0) is 7.05 Å². The lowest BCUT2D eigenvalue weighted by Gasteiger charge is -2.23. The fraction of sp³-hybridized carbons (Fsp3) is 0.471. The maximum Gasteiger partial charge on any atom is 0.129 e. The molecule has 0 spiro atoms. The quantitative estimate of drug-likeness (QED) is 0.935. The normalized spacial score (nSPS) is 16.1. The largest absolute Gasteiger partial charge is 0.496 e. The number of aryl methyl sites for hydroxylation is 1. The smallest absolute Gasteiger partial charge is 0.129 e. The van der Waals surface area contributed by atoms with Crippen LogP contribution in [0.5, 0.6) is 5.75 Å². The number of ether oxygens (including phenoxy) is 1. The number of rotatable bonds is 3. The van der Waals surface area contributed by atoms with Crippen molar-refractivity contribution in [1.29, 1.82) is 0 Å². The van der Waals surface area contributed by atoms with Gasteiger partial charge in [0.25, 0.3) is 0 Å². The van der Waals surface area contributed by atoms with Crippen LogP contribution in [0.3, 0.4) is 0 Å². The Bertz CT molecular complexity index is 627. The highest BCUT2D eigenvalue weighted by molar-refractivity contribution is 5.78. The van der Waals surface area contributed by atoms with Crippen LogP contribution in [-0.4, -0.2) is 16.9 Å². The predicted molar refractivity (Wildman–Crippen MR) is 85.4 cm³/mol. The molecule has 21 heavy (non-hydrogen) atoms. The molecule has 1 aliphatic carbocycles. The zero-order valence-corrected chi connectivity index (χ0v) is 12.8. The van der Waals surface area contributed by atoms with Crippen molar-refractivity contribution in [1.82, 2.24) is 9.78 Å². The Hall–Kier alpha value is -1.97. The van der Waals surface area contributed by atoms with Gasteiger partial charge in [-0.3, -0.25) is 4.68 Å². The number of nitrogens with zero attached hydrogens (tertiary/aromatic N) is 2. The third kappa shape index (κ3) is 2.62. The number of aromatic nitrogens is 2. The van der Waals surface area contributed by atoms with Crippen LogP contribution in [0.4, 0.5) is 5.82 Å². The molecule has 1 aliphatic rings. The molecule has 1 fully saturated rings. The summed E-state index contributed by atoms with van der Waals surface area (Å²) in [5.74, 6) is 2.20. The molecule has 1 heterocycles. The molecule has 0 aliphatic heterocycles. The molecule has 2 N–H and O–H groups in total. The fourth-order valence-electron chi connectivity index (χ4n) is 3.28. The van der Waals surface area contributed by atoms with Crippen LogP contribution in [0.25, 0.3) is 11.1 Å². The summed E-state index contributed by atoms with van der Waals surface area (Å²) in [6, 6.07) is 6.50. The minimum atomic E-state index is 0.668. The van der Waals surface area contributed by atoms with Gasteiger partial charge in [0.05, 0.1) is 13.3 Å². The zero-order chi connectivity index (χ0) is 14.8. The lowest BCUT2D eigenvalue weighted by atomic mass is 9.83. The van der Waals surface area contributed by atoms with Crippen molar-refractivity contribution >= 4 is 5.82 Å². The van der Waals surface area contributed by atoms with Crippen molar-refractivity contribution in [3.63, 3.8) is 0 Å². The fourth-order valence-corrected chi connectivity index (χ4v) is 3.28. The summed E-state index contributed by atoms with van der Waals surface area (Å²) >= 11 is 0. The molecule has 4 heteroatoms. The predicted octanol–water partition coefficient (Wildman–Crippen LogP) is 3.73. The van der Waals surface area contributed by atoms with Gasteiger partial charge in [0.2, 0.25) is 0 Å². The van der Waals surface area contributed by atoms with Gasteiger partial charge in [0, 0.05) is 18.2 Å². The molecule has 0 saturated heterocycles. The molecule has 4 nitrogen and oxygen atoms in total. The Morgan fingerprint density at radius 2 is 1.95 bits per heavy atom. The molecular formula is C17H23N3O. The summed E-state index contributed by atoms with van der Waals surface area (Å²) in [6.45, 7) is 0. The van der Waals surface area contributed by atoms with Gasteiger partial charge in [-0.15, -0.1) is 0 Å². The SMILES string of the molecule is COc1ccc(C2CCCCC2)cc1-c1cnn(C)c1N. The number of benzene rings is 1. The van der Waals surface area contributed by atoms with Crippen LogP contribution in [0.2, 0.25) is 0 Å². The molecule has 0 atom stereocenters. The van der Waals surface area contributed by atoms with Crippen LogP contribution in [0.15, 0.2) is 24.4 Å². The summed E-state index contributed by atoms with van der Waals surface area (Å²) in [4.78, 5) is 0. The molecule has 112 valence electrons. The van der Waals surface area contributed by atoms with E-state index in [1.807, 2.05) is 13.2 Å². The summed E-state index contributed by atoms with van der Waals surface area (Å²) in [6.07, 6.45) is 8.43. The van der Waals surface area contributed by atoms with Crippen LogP contribution in [0.1, 0.15) is 43.6 Å². The zero-order valence-electron chi connectivity index (χ0n) is 12.8. The third-order valence-corrected chi connectivity index (χ3v) is 4.57. The Morgan fingerprint density at radius 3 is 2.57 bits per heavy atom. The monoisotopic (exact) mass is 285 g/mol. The van der Waals surface area contributed by atoms with Gasteiger partial charge in [-0.1, -0.05) is 25.3 Å². The van der Waals surface area contributed by atoms with Crippen LogP contribution < -0.4 is 10.5 Å². The molecule has 2 aromatic rings. The van der Waals surface area contributed by atoms with Crippen molar-refractivity contribution in [2.24, 2.45) is 7.05 Å². The van der Waals surface area contributed by atoms with Crippen LogP contribution in [0, 0.1) is 0 Å². The van der Waals surface area contributed by atoms with Gasteiger partial charge in [-0.2, -0.15) is 5.10 Å². The molecule has 0 bridgehead atoms. The van der Waals surface area contributed by atoms with E-state index in [0.29, 0.717) is 11.7 Å². The lowest BCUT2D eigenvalue weighted by Crippen LogP contribution is -2.05. The standard InChI is InChI=1S/C17H23N3O/c1-20-17(18)15(11-19-20)14-10-13(8-9-16(14)21-2)12-6-4-3-5-7-12/h8-12H,3-7,18H2,1-2H3. The summed E-state index contributed by atoms with van der Waals surface area (Å²) in [5.41, 5.74) is 9.53. The second-order valence-corrected chi connectivity index (χ2v) is 5.86. The first-order valence-electron chi connectivity index (χ1n) is 7.66. The molecule has 1 saturated carbocycles. The number of nitrogens with two attached hydrogens (primary N) is 1. The summed E-state index contributed by atoms with van der Waals surface area (Å²) in [5, 5.41) is 4.25. The Kier molecular flexibility index (Phi) is 3.86. The van der Waals surface area contributed by atoms with E-state index < -0.39 is 0 Å². The van der Waals surface area contributed by atoms with Crippen molar-refractivity contribution in [3.8, 4) is 16.9 Å². The highest BCUT2D eigenvalue weighted by Gasteiger charge is 2.19. The van der Waals surface area contributed by atoms with E-state index >= 15 is 0 Å². The van der Waals surface area contributed by atoms with E-state index in [2.05, 4.69) is 23.3 Å². The minimum Gasteiger partial charge on any atom is -0.496 e. The Morgan fingerprint density at radius 1 is 1.19 bits per heavy atom. The Balaban J connectivity index is 2.03. The van der Waals surface area contributed by atoms with E-state index in [-0.39, 0.29) is 0 Å². The van der Waals surface area contributed by atoms with Crippen molar-refractivity contribution in [3.05, 3.63) is 30.0 Å². The first-order valence-corrected chi connectivity index (χ1v) is 7.66. The van der Waals surface area contributed by atoms with Gasteiger partial charge in [-0.05, 0) is 36.5 Å². The first kappa shape index (κ1) is 14.0. The second-order valence-electron chi connectivity index (χ2n) is 5.86. The van der Waals surface area contributed by atoms with Gasteiger partial charge in [-0.25, -0.2) is 0 Å². The number of anilines is 1. The maximum atomic E-state index is 6.13. The molecule has 0 amide bonds. The van der Waals surface area contributed by atoms with Crippen molar-refractivity contribution in [2.75, 3.05) is 12.8 Å². The average molecular weight is 285 g/mol. The molecule has 1 aromatic carbocycles. The van der Waals surface area contributed by atoms with E-state index in [1.54, 1.807) is 11.8 Å².